The summed E-state index contributed by atoms with van der Waals surface area (Å²) in [5.41, 5.74) is 8.82. The van der Waals surface area contributed by atoms with Crippen molar-refractivity contribution in [2.24, 2.45) is 0 Å². The zero-order chi connectivity index (χ0) is 21.9. The van der Waals surface area contributed by atoms with Gasteiger partial charge in [-0.25, -0.2) is 0 Å². The molecule has 4 aromatic carbocycles. The van der Waals surface area contributed by atoms with Crippen LogP contribution in [0.4, 0.5) is 5.69 Å². The van der Waals surface area contributed by atoms with E-state index in [4.69, 9.17) is 0 Å². The number of nitrogens with one attached hydrogen (secondary N) is 1. The maximum absolute atomic E-state index is 3.81. The molecule has 1 aromatic heterocycles. The Bertz CT molecular complexity index is 1570. The minimum Gasteiger partial charge on any atom is -0.377 e. The Kier molecular flexibility index (Phi) is 4.15. The van der Waals surface area contributed by atoms with Gasteiger partial charge in [-0.1, -0.05) is 94.8 Å². The Morgan fingerprint density at radius 2 is 1.48 bits per heavy atom. The van der Waals surface area contributed by atoms with Gasteiger partial charge in [-0.2, -0.15) is 0 Å². The maximum atomic E-state index is 3.81. The second-order valence-electron chi connectivity index (χ2n) is 8.80. The van der Waals surface area contributed by atoms with Gasteiger partial charge in [-0.15, -0.1) is 0 Å². The number of fused-ring (bicyclic) bond motifs is 6. The number of para-hydroxylation sites is 3. The molecule has 33 heavy (non-hydrogen) atoms. The molecule has 1 N–H and O–H groups in total. The standard InChI is InChI=1S/C30H21BrN2/c31-20-8-5-7-19(17-20)22-11-6-12-25-26-18-21(15-16-27(26)32-30(22)25)33-28-13-3-1-9-23(28)24-10-2-4-14-29(24)33/h1-18,26-27,32H. The molecular weight excluding hydrogens is 468 g/mol. The van der Waals surface area contributed by atoms with Gasteiger partial charge in [0.05, 0.1) is 17.1 Å². The molecule has 2 aliphatic rings. The number of allylic oxidation sites excluding steroid dienone is 2. The van der Waals surface area contributed by atoms with Crippen molar-refractivity contribution < 1.29 is 0 Å². The summed E-state index contributed by atoms with van der Waals surface area (Å²) < 4.78 is 3.51. The number of aromatic nitrogens is 1. The van der Waals surface area contributed by atoms with Crippen LogP contribution < -0.4 is 5.32 Å². The van der Waals surface area contributed by atoms with Crippen molar-refractivity contribution in [2.45, 2.75) is 12.0 Å². The number of anilines is 1. The van der Waals surface area contributed by atoms with Crippen molar-refractivity contribution in [3.63, 3.8) is 0 Å². The van der Waals surface area contributed by atoms with Crippen molar-refractivity contribution in [1.82, 2.24) is 4.57 Å². The lowest BCUT2D eigenvalue weighted by molar-refractivity contribution is 0.802. The molecule has 0 fully saturated rings. The molecule has 0 spiro atoms. The highest BCUT2D eigenvalue weighted by molar-refractivity contribution is 9.10. The molecule has 2 nitrogen and oxygen atoms in total. The van der Waals surface area contributed by atoms with Crippen molar-refractivity contribution in [1.29, 1.82) is 0 Å². The molecule has 7 rings (SSSR count). The first-order valence-corrected chi connectivity index (χ1v) is 12.1. The van der Waals surface area contributed by atoms with Gasteiger partial charge < -0.3 is 9.88 Å². The molecule has 0 radical (unpaired) electrons. The van der Waals surface area contributed by atoms with Crippen LogP contribution in [0.3, 0.4) is 0 Å². The van der Waals surface area contributed by atoms with E-state index in [1.807, 2.05) is 0 Å². The smallest absolute Gasteiger partial charge is 0.0553 e. The molecule has 1 aliphatic heterocycles. The van der Waals surface area contributed by atoms with Gasteiger partial charge in [-0.05, 0) is 41.5 Å². The predicted octanol–water partition coefficient (Wildman–Crippen LogP) is 8.21. The molecule has 3 heteroatoms. The minimum atomic E-state index is 0.269. The van der Waals surface area contributed by atoms with Crippen LogP contribution in [0.25, 0.3) is 38.6 Å². The molecule has 158 valence electrons. The topological polar surface area (TPSA) is 17.0 Å². The third kappa shape index (κ3) is 2.86. The first-order valence-electron chi connectivity index (χ1n) is 11.3. The van der Waals surface area contributed by atoms with E-state index in [9.17, 15) is 0 Å². The SMILES string of the molecule is Brc1cccc(-c2cccc3c2NC2C=CC(n4c5ccccc5c5ccccc54)=CC32)c1. The number of hydrogen-bond acceptors (Lipinski definition) is 1. The van der Waals surface area contributed by atoms with E-state index in [1.165, 1.54) is 49.9 Å². The molecule has 0 bridgehead atoms. The predicted molar refractivity (Wildman–Crippen MR) is 143 cm³/mol. The number of rotatable bonds is 2. The van der Waals surface area contributed by atoms with Crippen molar-refractivity contribution in [2.75, 3.05) is 5.32 Å². The normalized spacial score (nSPS) is 18.8. The van der Waals surface area contributed by atoms with Gasteiger partial charge in [0.15, 0.2) is 0 Å². The Morgan fingerprint density at radius 1 is 0.758 bits per heavy atom. The van der Waals surface area contributed by atoms with E-state index in [1.54, 1.807) is 0 Å². The van der Waals surface area contributed by atoms with E-state index >= 15 is 0 Å². The summed E-state index contributed by atoms with van der Waals surface area (Å²) in [5.74, 6) is 0.298. The summed E-state index contributed by atoms with van der Waals surface area (Å²) in [7, 11) is 0. The number of benzene rings is 4. The fraction of sp³-hybridized carbons (Fsp3) is 0.0667. The number of halogens is 1. The van der Waals surface area contributed by atoms with Crippen LogP contribution >= 0.6 is 15.9 Å². The van der Waals surface area contributed by atoms with Gasteiger partial charge in [0.1, 0.15) is 0 Å². The van der Waals surface area contributed by atoms with Gasteiger partial charge in [-0.3, -0.25) is 0 Å². The lowest BCUT2D eigenvalue weighted by Gasteiger charge is -2.21. The van der Waals surface area contributed by atoms with Gasteiger partial charge >= 0.3 is 0 Å². The molecule has 2 heterocycles. The average molecular weight is 489 g/mol. The first-order chi connectivity index (χ1) is 16.3. The van der Waals surface area contributed by atoms with Crippen LogP contribution in [0.15, 0.2) is 114 Å². The van der Waals surface area contributed by atoms with Crippen LogP contribution in [-0.4, -0.2) is 10.6 Å². The molecule has 2 atom stereocenters. The summed E-state index contributed by atoms with van der Waals surface area (Å²) in [4.78, 5) is 0. The van der Waals surface area contributed by atoms with Gasteiger partial charge in [0, 0.05) is 38.1 Å². The number of hydrogen-bond donors (Lipinski definition) is 1. The lowest BCUT2D eigenvalue weighted by atomic mass is 9.89. The fourth-order valence-corrected chi connectivity index (χ4v) is 5.91. The van der Waals surface area contributed by atoms with Crippen molar-refractivity contribution >= 4 is 49.1 Å². The van der Waals surface area contributed by atoms with Crippen LogP contribution in [-0.2, 0) is 0 Å². The minimum absolute atomic E-state index is 0.269. The van der Waals surface area contributed by atoms with Crippen molar-refractivity contribution in [3.05, 3.63) is 119 Å². The molecular formula is C30H21BrN2. The summed E-state index contributed by atoms with van der Waals surface area (Å²) in [6.45, 7) is 0. The van der Waals surface area contributed by atoms with Crippen LogP contribution in [0.2, 0.25) is 0 Å². The summed E-state index contributed by atoms with van der Waals surface area (Å²) >= 11 is 3.63. The van der Waals surface area contributed by atoms with E-state index < -0.39 is 0 Å². The average Bonchev–Trinajstić information content (AvgIpc) is 3.39. The largest absolute Gasteiger partial charge is 0.377 e. The van der Waals surface area contributed by atoms with E-state index in [0.29, 0.717) is 5.92 Å². The molecule has 1 aliphatic carbocycles. The van der Waals surface area contributed by atoms with E-state index in [-0.39, 0.29) is 6.04 Å². The highest BCUT2D eigenvalue weighted by Gasteiger charge is 2.33. The zero-order valence-electron chi connectivity index (χ0n) is 17.9. The second-order valence-corrected chi connectivity index (χ2v) is 9.71. The van der Waals surface area contributed by atoms with Gasteiger partial charge in [0.25, 0.3) is 0 Å². The van der Waals surface area contributed by atoms with Gasteiger partial charge in [0.2, 0.25) is 0 Å². The molecule has 5 aromatic rings. The van der Waals surface area contributed by atoms with Crippen LogP contribution in [0.1, 0.15) is 11.5 Å². The molecule has 2 unspecified atom stereocenters. The Morgan fingerprint density at radius 3 is 2.24 bits per heavy atom. The van der Waals surface area contributed by atoms with Crippen LogP contribution in [0.5, 0.6) is 0 Å². The maximum Gasteiger partial charge on any atom is 0.0553 e. The highest BCUT2D eigenvalue weighted by Crippen LogP contribution is 2.46. The van der Waals surface area contributed by atoms with E-state index in [0.717, 1.165) is 4.47 Å². The fourth-order valence-electron chi connectivity index (χ4n) is 5.51. The second kappa shape index (κ2) is 7.23. The quantitative estimate of drug-likeness (QED) is 0.264. The molecule has 0 saturated heterocycles. The lowest BCUT2D eigenvalue weighted by Crippen LogP contribution is -2.19. The Labute approximate surface area is 201 Å². The molecule has 0 amide bonds. The third-order valence-electron chi connectivity index (χ3n) is 6.95. The summed E-state index contributed by atoms with van der Waals surface area (Å²) in [5, 5.41) is 6.40. The first kappa shape index (κ1) is 19.0. The van der Waals surface area contributed by atoms with E-state index in [2.05, 4.69) is 135 Å². The summed E-state index contributed by atoms with van der Waals surface area (Å²) in [6, 6.07) is 32.9. The Hall–Kier alpha value is -3.56. The van der Waals surface area contributed by atoms with Crippen molar-refractivity contribution in [3.8, 4) is 11.1 Å². The summed E-state index contributed by atoms with van der Waals surface area (Å²) in [6.07, 6.45) is 7.04. The third-order valence-corrected chi connectivity index (χ3v) is 7.45. The zero-order valence-corrected chi connectivity index (χ0v) is 19.5. The van der Waals surface area contributed by atoms with Crippen LogP contribution in [0, 0.1) is 0 Å². The highest BCUT2D eigenvalue weighted by atomic mass is 79.9. The Balaban J connectivity index is 1.40. The monoisotopic (exact) mass is 488 g/mol. The molecule has 0 saturated carbocycles. The number of nitrogens with zero attached hydrogens (tertiary/aromatic N) is 1.